The van der Waals surface area contributed by atoms with E-state index in [0.717, 1.165) is 12.5 Å². The number of aryl methyl sites for hydroxylation is 1. The van der Waals surface area contributed by atoms with Gasteiger partial charge in [-0.1, -0.05) is 11.6 Å². The fraction of sp³-hybridized carbons (Fsp3) is 0.526. The van der Waals surface area contributed by atoms with Crippen molar-refractivity contribution < 1.29 is 26.3 Å². The maximum atomic E-state index is 13.2. The second kappa shape index (κ2) is 8.27. The first-order valence-electron chi connectivity index (χ1n) is 9.75. The van der Waals surface area contributed by atoms with Gasteiger partial charge in [-0.15, -0.1) is 0 Å². The summed E-state index contributed by atoms with van der Waals surface area (Å²) in [4.78, 5) is 3.96. The van der Waals surface area contributed by atoms with Crippen LogP contribution in [0.2, 0.25) is 5.02 Å². The monoisotopic (exact) mass is 478 g/mol. The van der Waals surface area contributed by atoms with Gasteiger partial charge in [-0.05, 0) is 36.5 Å². The first kappa shape index (κ1) is 22.4. The summed E-state index contributed by atoms with van der Waals surface area (Å²) in [6.45, 7) is 1.43. The zero-order valence-corrected chi connectivity index (χ0v) is 18.2. The van der Waals surface area contributed by atoms with E-state index in [0.29, 0.717) is 13.2 Å². The highest BCUT2D eigenvalue weighted by atomic mass is 35.5. The Morgan fingerprint density at radius 1 is 1.29 bits per heavy atom. The molecule has 0 spiro atoms. The molecule has 2 aliphatic heterocycles. The van der Waals surface area contributed by atoms with Crippen molar-refractivity contribution in [3.63, 3.8) is 0 Å². The molecule has 2 aromatic rings. The molecular weight excluding hydrogens is 457 g/mol. The van der Waals surface area contributed by atoms with Crippen molar-refractivity contribution in [2.45, 2.75) is 23.7 Å². The molecule has 1 aromatic heterocycles. The first-order chi connectivity index (χ1) is 14.6. The maximum absolute atomic E-state index is 13.2. The van der Waals surface area contributed by atoms with Crippen molar-refractivity contribution in [2.75, 3.05) is 31.6 Å². The number of rotatable bonds is 5. The fourth-order valence-corrected chi connectivity index (χ4v) is 5.90. The smallest absolute Gasteiger partial charge is 0.381 e. The number of anilines is 1. The number of nitrogens with one attached hydrogen (secondary N) is 1. The summed E-state index contributed by atoms with van der Waals surface area (Å²) in [7, 11) is -2.15. The van der Waals surface area contributed by atoms with Gasteiger partial charge in [-0.3, -0.25) is 0 Å². The molecule has 12 heteroatoms. The minimum Gasteiger partial charge on any atom is -0.381 e. The van der Waals surface area contributed by atoms with Crippen LogP contribution in [0.5, 0.6) is 0 Å². The Balaban J connectivity index is 1.61. The second-order valence-electron chi connectivity index (χ2n) is 7.93. The third kappa shape index (κ3) is 4.55. The zero-order valence-electron chi connectivity index (χ0n) is 16.6. The van der Waals surface area contributed by atoms with Crippen molar-refractivity contribution in [3.05, 3.63) is 41.3 Å². The molecule has 31 heavy (non-hydrogen) atoms. The number of hydrogen-bond acceptors (Lipinski definition) is 5. The van der Waals surface area contributed by atoms with Gasteiger partial charge in [-0.2, -0.15) is 17.5 Å². The number of sulfonamides is 1. The van der Waals surface area contributed by atoms with Crippen LogP contribution in [0.15, 0.2) is 35.7 Å². The SMILES string of the molecule is Cn1cnc(S(=O)(=O)N2CC(Nc3ccc(Cl)c(C(F)(F)F)c3)C(C3CCOC3)C2)c1. The maximum Gasteiger partial charge on any atom is 0.417 e. The summed E-state index contributed by atoms with van der Waals surface area (Å²) in [5, 5.41) is 2.68. The predicted molar refractivity (Wildman–Crippen MR) is 108 cm³/mol. The van der Waals surface area contributed by atoms with Gasteiger partial charge < -0.3 is 14.6 Å². The molecule has 1 N–H and O–H groups in total. The molecule has 0 radical (unpaired) electrons. The Hall–Kier alpha value is -1.82. The molecular formula is C19H22ClF3N4O3S. The van der Waals surface area contributed by atoms with Crippen LogP contribution in [0, 0.1) is 11.8 Å². The molecule has 0 amide bonds. The van der Waals surface area contributed by atoms with E-state index >= 15 is 0 Å². The molecule has 2 saturated heterocycles. The molecule has 0 bridgehead atoms. The van der Waals surface area contributed by atoms with E-state index in [1.54, 1.807) is 11.6 Å². The molecule has 3 heterocycles. The largest absolute Gasteiger partial charge is 0.417 e. The van der Waals surface area contributed by atoms with Gasteiger partial charge in [0.15, 0.2) is 5.03 Å². The zero-order chi connectivity index (χ0) is 22.4. The van der Waals surface area contributed by atoms with Gasteiger partial charge in [0.25, 0.3) is 10.0 Å². The fourth-order valence-electron chi connectivity index (χ4n) is 4.21. The molecule has 2 aliphatic rings. The highest BCUT2D eigenvalue weighted by Gasteiger charge is 2.44. The van der Waals surface area contributed by atoms with Crippen LogP contribution in [-0.4, -0.2) is 54.6 Å². The summed E-state index contributed by atoms with van der Waals surface area (Å²) in [6.07, 6.45) is -0.974. The lowest BCUT2D eigenvalue weighted by atomic mass is 9.87. The molecule has 1 aromatic carbocycles. The van der Waals surface area contributed by atoms with Crippen LogP contribution in [-0.2, 0) is 28.0 Å². The predicted octanol–water partition coefficient (Wildman–Crippen LogP) is 3.23. The molecule has 3 atom stereocenters. The van der Waals surface area contributed by atoms with E-state index in [-0.39, 0.29) is 46.7 Å². The van der Waals surface area contributed by atoms with Crippen molar-refractivity contribution in [1.82, 2.24) is 13.9 Å². The average Bonchev–Trinajstić information content (AvgIpc) is 3.42. The van der Waals surface area contributed by atoms with E-state index in [4.69, 9.17) is 16.3 Å². The normalized spacial score (nSPS) is 25.3. The lowest BCUT2D eigenvalue weighted by molar-refractivity contribution is -0.137. The molecule has 7 nitrogen and oxygen atoms in total. The van der Waals surface area contributed by atoms with E-state index < -0.39 is 21.8 Å². The minimum atomic E-state index is -4.59. The number of aromatic nitrogens is 2. The van der Waals surface area contributed by atoms with Crippen LogP contribution in [0.1, 0.15) is 12.0 Å². The molecule has 4 rings (SSSR count). The number of hydrogen-bond donors (Lipinski definition) is 1. The summed E-state index contributed by atoms with van der Waals surface area (Å²) < 4.78 is 74.2. The van der Waals surface area contributed by atoms with Crippen molar-refractivity contribution in [2.24, 2.45) is 18.9 Å². The first-order valence-corrected chi connectivity index (χ1v) is 11.6. The van der Waals surface area contributed by atoms with Crippen LogP contribution in [0.4, 0.5) is 18.9 Å². The number of nitrogens with zero attached hydrogens (tertiary/aromatic N) is 3. The number of halogens is 4. The quantitative estimate of drug-likeness (QED) is 0.714. The average molecular weight is 479 g/mol. The second-order valence-corrected chi connectivity index (χ2v) is 10.2. The van der Waals surface area contributed by atoms with E-state index in [9.17, 15) is 21.6 Å². The van der Waals surface area contributed by atoms with Gasteiger partial charge in [0, 0.05) is 51.3 Å². The van der Waals surface area contributed by atoms with Crippen LogP contribution < -0.4 is 5.32 Å². The van der Waals surface area contributed by atoms with Gasteiger partial charge in [0.05, 0.1) is 16.9 Å². The number of benzene rings is 1. The van der Waals surface area contributed by atoms with Gasteiger partial charge >= 0.3 is 6.18 Å². The number of imidazole rings is 1. The number of ether oxygens (including phenoxy) is 1. The lowest BCUT2D eigenvalue weighted by Crippen LogP contribution is -2.33. The summed E-state index contributed by atoms with van der Waals surface area (Å²) >= 11 is 5.72. The highest BCUT2D eigenvalue weighted by molar-refractivity contribution is 7.89. The molecule has 0 saturated carbocycles. The lowest BCUT2D eigenvalue weighted by Gasteiger charge is -2.25. The summed E-state index contributed by atoms with van der Waals surface area (Å²) in [5.74, 6) is -0.0122. The van der Waals surface area contributed by atoms with Gasteiger partial charge in [0.1, 0.15) is 0 Å². The third-order valence-corrected chi connectivity index (χ3v) is 7.86. The summed E-state index contributed by atoms with van der Waals surface area (Å²) in [5.41, 5.74) is -0.696. The van der Waals surface area contributed by atoms with Crippen LogP contribution in [0.3, 0.4) is 0 Å². The Labute approximate surface area is 183 Å². The number of alkyl halides is 3. The van der Waals surface area contributed by atoms with E-state index in [2.05, 4.69) is 10.3 Å². The Morgan fingerprint density at radius 2 is 2.06 bits per heavy atom. The highest BCUT2D eigenvalue weighted by Crippen LogP contribution is 2.38. The van der Waals surface area contributed by atoms with Crippen LogP contribution >= 0.6 is 11.6 Å². The third-order valence-electron chi connectivity index (χ3n) is 5.81. The van der Waals surface area contributed by atoms with Crippen molar-refractivity contribution >= 4 is 27.3 Å². The summed E-state index contributed by atoms with van der Waals surface area (Å²) in [6, 6.07) is 3.24. The standard InChI is InChI=1S/C19H22ClF3N4O3S/c1-26-9-18(24-11-26)31(28,29)27-7-14(12-4-5-30-10-12)17(8-27)25-13-2-3-16(20)15(6-13)19(21,22)23/h2-3,6,9,11-12,14,17,25H,4-5,7-8,10H2,1H3. The van der Waals surface area contributed by atoms with Crippen LogP contribution in [0.25, 0.3) is 0 Å². The Morgan fingerprint density at radius 3 is 2.68 bits per heavy atom. The van der Waals surface area contributed by atoms with Gasteiger partial charge in [-0.25, -0.2) is 13.4 Å². The van der Waals surface area contributed by atoms with Crippen molar-refractivity contribution in [3.8, 4) is 0 Å². The molecule has 3 unspecified atom stereocenters. The van der Waals surface area contributed by atoms with Crippen molar-refractivity contribution in [1.29, 1.82) is 0 Å². The topological polar surface area (TPSA) is 76.5 Å². The molecule has 0 aliphatic carbocycles. The Kier molecular flexibility index (Phi) is 5.97. The Bertz CT molecular complexity index is 1050. The van der Waals surface area contributed by atoms with E-state index in [1.807, 2.05) is 0 Å². The molecule has 170 valence electrons. The van der Waals surface area contributed by atoms with E-state index in [1.165, 1.54) is 29.0 Å². The van der Waals surface area contributed by atoms with Gasteiger partial charge in [0.2, 0.25) is 0 Å². The minimum absolute atomic E-state index is 0.0528. The molecule has 2 fully saturated rings.